The Kier molecular flexibility index (Phi) is 6.79. The molecule has 0 bridgehead atoms. The van der Waals surface area contributed by atoms with Crippen LogP contribution in [0.1, 0.15) is 64.4 Å². The first-order chi connectivity index (χ1) is 16.9. The predicted octanol–water partition coefficient (Wildman–Crippen LogP) is 5.63. The van der Waals surface area contributed by atoms with Crippen molar-refractivity contribution in [3.05, 3.63) is 47.8 Å². The molecule has 0 saturated heterocycles. The maximum atomic E-state index is 12.1. The molecule has 35 heavy (non-hydrogen) atoms. The number of likely N-dealkylation sites (N-methyl/N-ethyl adjacent to an activating group) is 1. The summed E-state index contributed by atoms with van der Waals surface area (Å²) in [4.78, 5) is 22.1. The molecule has 6 heteroatoms. The molecule has 4 aliphatic carbocycles. The standard InChI is InChI=1S/C29H41N3O3/c1-28-13-11-22(32(3)35-27(33)31-16-17-34-4)18-21(28)7-8-23-25-10-9-24(20-6-5-15-30-19-20)29(25,2)14-12-26(23)28/h5-6,9,15,18-19,22-23,25-26H,7-8,10-14,16-17H2,1-4H3,(H,31,33)/t22?,23-,25+,26+,28+,29-/m1/s1. The third-order valence-electron chi connectivity index (χ3n) is 9.91. The number of hydroxylamine groups is 2. The minimum absolute atomic E-state index is 0.141. The molecule has 0 aliphatic heterocycles. The molecule has 0 spiro atoms. The first-order valence-corrected chi connectivity index (χ1v) is 13.4. The number of hydrogen-bond acceptors (Lipinski definition) is 5. The lowest BCUT2D eigenvalue weighted by molar-refractivity contribution is -0.108. The van der Waals surface area contributed by atoms with Crippen LogP contribution in [0, 0.1) is 28.6 Å². The van der Waals surface area contributed by atoms with Gasteiger partial charge in [0.05, 0.1) is 12.6 Å². The van der Waals surface area contributed by atoms with Gasteiger partial charge in [0.25, 0.3) is 0 Å². The van der Waals surface area contributed by atoms with E-state index >= 15 is 0 Å². The normalized spacial score (nSPS) is 35.9. The number of hydrogen-bond donors (Lipinski definition) is 1. The Hall–Kier alpha value is -2.18. The molecule has 1 heterocycles. The van der Waals surface area contributed by atoms with Crippen LogP contribution in [0.2, 0.25) is 0 Å². The zero-order valence-electron chi connectivity index (χ0n) is 21.8. The summed E-state index contributed by atoms with van der Waals surface area (Å²) >= 11 is 0. The largest absolute Gasteiger partial charge is 0.426 e. The van der Waals surface area contributed by atoms with Gasteiger partial charge in [-0.2, -0.15) is 0 Å². The van der Waals surface area contributed by atoms with Crippen LogP contribution >= 0.6 is 0 Å². The van der Waals surface area contributed by atoms with Crippen molar-refractivity contribution in [1.29, 1.82) is 0 Å². The van der Waals surface area contributed by atoms with Gasteiger partial charge in [-0.3, -0.25) is 4.98 Å². The zero-order chi connectivity index (χ0) is 24.6. The van der Waals surface area contributed by atoms with Gasteiger partial charge in [-0.15, -0.1) is 5.06 Å². The van der Waals surface area contributed by atoms with E-state index in [0.717, 1.165) is 37.0 Å². The molecule has 190 valence electrons. The first kappa shape index (κ1) is 24.5. The highest BCUT2D eigenvalue weighted by Gasteiger charge is 2.57. The fourth-order valence-electron chi connectivity index (χ4n) is 8.02. The van der Waals surface area contributed by atoms with E-state index in [4.69, 9.17) is 9.57 Å². The van der Waals surface area contributed by atoms with E-state index in [1.165, 1.54) is 36.8 Å². The van der Waals surface area contributed by atoms with Gasteiger partial charge in [-0.25, -0.2) is 4.79 Å². The van der Waals surface area contributed by atoms with Gasteiger partial charge in [0, 0.05) is 33.1 Å². The van der Waals surface area contributed by atoms with Crippen molar-refractivity contribution in [3.8, 4) is 0 Å². The van der Waals surface area contributed by atoms with E-state index in [0.29, 0.717) is 13.2 Å². The fraction of sp³-hybridized carbons (Fsp3) is 0.655. The van der Waals surface area contributed by atoms with Crippen molar-refractivity contribution in [1.82, 2.24) is 15.4 Å². The van der Waals surface area contributed by atoms with Crippen molar-refractivity contribution < 1.29 is 14.4 Å². The summed E-state index contributed by atoms with van der Waals surface area (Å²) < 4.78 is 4.99. The van der Waals surface area contributed by atoms with Gasteiger partial charge in [0.1, 0.15) is 0 Å². The lowest BCUT2D eigenvalue weighted by atomic mass is 9.46. The number of aromatic nitrogens is 1. The monoisotopic (exact) mass is 479 g/mol. The molecule has 1 N–H and O–H groups in total. The predicted molar refractivity (Wildman–Crippen MR) is 137 cm³/mol. The number of fused-ring (bicyclic) bond motifs is 5. The number of allylic oxidation sites excluding steroid dienone is 3. The summed E-state index contributed by atoms with van der Waals surface area (Å²) in [6.45, 7) is 5.98. The molecule has 1 unspecified atom stereocenters. The van der Waals surface area contributed by atoms with Gasteiger partial charge < -0.3 is 14.9 Å². The van der Waals surface area contributed by atoms with Crippen LogP contribution < -0.4 is 5.32 Å². The molecule has 0 aromatic carbocycles. The summed E-state index contributed by atoms with van der Waals surface area (Å²) in [5, 5.41) is 4.47. The summed E-state index contributed by atoms with van der Waals surface area (Å²) in [7, 11) is 3.50. The van der Waals surface area contributed by atoms with Gasteiger partial charge >= 0.3 is 6.09 Å². The van der Waals surface area contributed by atoms with E-state index in [9.17, 15) is 4.79 Å². The average molecular weight is 480 g/mol. The molecule has 5 rings (SSSR count). The number of amides is 1. The van der Waals surface area contributed by atoms with Gasteiger partial charge in [-0.1, -0.05) is 37.6 Å². The van der Waals surface area contributed by atoms with Crippen LogP contribution in [0.15, 0.2) is 42.3 Å². The van der Waals surface area contributed by atoms with E-state index in [1.54, 1.807) is 17.7 Å². The zero-order valence-corrected chi connectivity index (χ0v) is 21.8. The number of carbonyl (C=O) groups excluding carboxylic acids is 1. The third-order valence-corrected chi connectivity index (χ3v) is 9.91. The number of methoxy groups -OCH3 is 1. The van der Waals surface area contributed by atoms with Crippen molar-refractivity contribution in [3.63, 3.8) is 0 Å². The minimum atomic E-state index is -0.412. The summed E-state index contributed by atoms with van der Waals surface area (Å²) in [6, 6.07) is 4.45. The van der Waals surface area contributed by atoms with E-state index in [2.05, 4.69) is 48.4 Å². The molecular weight excluding hydrogens is 438 g/mol. The van der Waals surface area contributed by atoms with Gasteiger partial charge in [-0.05, 0) is 90.7 Å². The van der Waals surface area contributed by atoms with Crippen LogP contribution in [-0.4, -0.2) is 49.5 Å². The Morgan fingerprint density at radius 2 is 2.03 bits per heavy atom. The second kappa shape index (κ2) is 9.70. The molecule has 4 aliphatic rings. The molecule has 6 nitrogen and oxygen atoms in total. The number of pyridine rings is 1. The quantitative estimate of drug-likeness (QED) is 0.326. The second-order valence-corrected chi connectivity index (χ2v) is 11.5. The smallest absolute Gasteiger partial charge is 0.383 e. The van der Waals surface area contributed by atoms with E-state index < -0.39 is 6.09 Å². The highest BCUT2D eigenvalue weighted by Crippen LogP contribution is 2.66. The molecule has 6 atom stereocenters. The topological polar surface area (TPSA) is 63.7 Å². The molecule has 1 amide bonds. The van der Waals surface area contributed by atoms with Crippen LogP contribution in [-0.2, 0) is 9.57 Å². The molecule has 2 fully saturated rings. The fourth-order valence-corrected chi connectivity index (χ4v) is 8.02. The number of rotatable bonds is 6. The lowest BCUT2D eigenvalue weighted by Crippen LogP contribution is -2.51. The number of ether oxygens (including phenoxy) is 1. The van der Waals surface area contributed by atoms with Crippen LogP contribution in [0.4, 0.5) is 4.79 Å². The first-order valence-electron chi connectivity index (χ1n) is 13.4. The maximum absolute atomic E-state index is 12.1. The molecular formula is C29H41N3O3. The Bertz CT molecular complexity index is 992. The van der Waals surface area contributed by atoms with Crippen molar-refractivity contribution in [2.45, 2.75) is 64.8 Å². The highest BCUT2D eigenvalue weighted by atomic mass is 16.7. The summed E-state index contributed by atoms with van der Waals surface area (Å²) in [5.41, 5.74) is 4.97. The molecule has 1 aromatic heterocycles. The Morgan fingerprint density at radius 1 is 1.20 bits per heavy atom. The van der Waals surface area contributed by atoms with Crippen molar-refractivity contribution in [2.75, 3.05) is 27.3 Å². The summed E-state index contributed by atoms with van der Waals surface area (Å²) in [6.07, 6.45) is 16.8. The maximum Gasteiger partial charge on any atom is 0.426 e. The Balaban J connectivity index is 1.28. The number of nitrogens with one attached hydrogen (secondary N) is 1. The minimum Gasteiger partial charge on any atom is -0.383 e. The Morgan fingerprint density at radius 3 is 2.80 bits per heavy atom. The summed E-state index contributed by atoms with van der Waals surface area (Å²) in [5.74, 6) is 2.25. The Labute approximate surface area is 210 Å². The van der Waals surface area contributed by atoms with Crippen molar-refractivity contribution >= 4 is 11.7 Å². The third kappa shape index (κ3) is 4.33. The van der Waals surface area contributed by atoms with Crippen molar-refractivity contribution in [2.24, 2.45) is 28.6 Å². The SMILES string of the molecule is COCCNC(=O)ON(C)C1C=C2CC[C@H]3[C@H](CC[C@]4(C)C(c5cccnc5)=CC[C@@H]34)[C@@]2(C)CC1. The van der Waals surface area contributed by atoms with Crippen LogP contribution in [0.3, 0.4) is 0 Å². The van der Waals surface area contributed by atoms with Crippen LogP contribution in [0.5, 0.6) is 0 Å². The van der Waals surface area contributed by atoms with Gasteiger partial charge in [0.15, 0.2) is 0 Å². The van der Waals surface area contributed by atoms with E-state index in [-0.39, 0.29) is 16.9 Å². The van der Waals surface area contributed by atoms with Gasteiger partial charge in [0.2, 0.25) is 0 Å². The number of carbonyl (C=O) groups is 1. The second-order valence-electron chi connectivity index (χ2n) is 11.5. The van der Waals surface area contributed by atoms with Crippen LogP contribution in [0.25, 0.3) is 5.57 Å². The molecule has 1 aromatic rings. The highest BCUT2D eigenvalue weighted by molar-refractivity contribution is 5.72. The van der Waals surface area contributed by atoms with E-state index in [1.807, 2.05) is 19.4 Å². The molecule has 0 radical (unpaired) electrons. The molecule has 2 saturated carbocycles. The average Bonchev–Trinajstić information content (AvgIpc) is 3.21. The number of nitrogens with zero attached hydrogens (tertiary/aromatic N) is 2. The lowest BCUT2D eigenvalue weighted by Gasteiger charge is -2.58.